The van der Waals surface area contributed by atoms with Gasteiger partial charge >= 0.3 is 0 Å². The van der Waals surface area contributed by atoms with Gasteiger partial charge in [0.15, 0.2) is 0 Å². The Morgan fingerprint density at radius 3 is 2.73 bits per heavy atom. The molecule has 0 radical (unpaired) electrons. The average Bonchev–Trinajstić information content (AvgIpc) is 2.74. The predicted molar refractivity (Wildman–Crippen MR) is 61.8 cm³/mol. The van der Waals surface area contributed by atoms with Crippen molar-refractivity contribution in [3.8, 4) is 0 Å². The van der Waals surface area contributed by atoms with Crippen molar-refractivity contribution in [2.24, 2.45) is 5.92 Å². The zero-order valence-corrected chi connectivity index (χ0v) is 9.76. The van der Waals surface area contributed by atoms with Gasteiger partial charge in [-0.3, -0.25) is 4.79 Å². The molecule has 2 rings (SSSR count). The van der Waals surface area contributed by atoms with Gasteiger partial charge in [-0.05, 0) is 25.0 Å². The summed E-state index contributed by atoms with van der Waals surface area (Å²) in [6, 6.07) is 0.0110. The summed E-state index contributed by atoms with van der Waals surface area (Å²) in [6.07, 6.45) is 4.67. The third-order valence-electron chi connectivity index (χ3n) is 3.36. The van der Waals surface area contributed by atoms with E-state index >= 15 is 0 Å². The van der Waals surface area contributed by atoms with Gasteiger partial charge in [0.05, 0.1) is 12.1 Å². The quantitative estimate of drug-likeness (QED) is 0.747. The molecule has 3 atom stereocenters. The monoisotopic (exact) mass is 229 g/mol. The second-order valence-corrected chi connectivity index (χ2v) is 5.68. The number of rotatable bonds is 2. The van der Waals surface area contributed by atoms with E-state index in [4.69, 9.17) is 0 Å². The Hall–Kier alpha value is -0.220. The maximum atomic E-state index is 11.8. The van der Waals surface area contributed by atoms with Crippen LogP contribution in [-0.4, -0.2) is 34.7 Å². The highest BCUT2D eigenvalue weighted by Crippen LogP contribution is 2.25. The Balaban J connectivity index is 1.81. The Morgan fingerprint density at radius 2 is 2.07 bits per heavy atom. The second kappa shape index (κ2) is 5.21. The minimum atomic E-state index is -0.322. The van der Waals surface area contributed by atoms with E-state index < -0.39 is 0 Å². The number of nitrogens with one attached hydrogen (secondary N) is 1. The molecule has 2 fully saturated rings. The van der Waals surface area contributed by atoms with E-state index in [1.807, 2.05) is 11.8 Å². The molecular formula is C11H19NO2S. The summed E-state index contributed by atoms with van der Waals surface area (Å²) in [5.74, 6) is 2.40. The lowest BCUT2D eigenvalue weighted by atomic mass is 9.92. The largest absolute Gasteiger partial charge is 0.391 e. The zero-order chi connectivity index (χ0) is 10.7. The molecule has 1 amide bonds. The molecule has 0 aromatic carbocycles. The number of thioether (sulfide) groups is 1. The molecule has 1 saturated carbocycles. The summed E-state index contributed by atoms with van der Waals surface area (Å²) < 4.78 is 0. The number of amides is 1. The molecule has 1 aliphatic heterocycles. The molecule has 1 aliphatic carbocycles. The summed E-state index contributed by atoms with van der Waals surface area (Å²) in [5, 5.41) is 12.7. The Morgan fingerprint density at radius 1 is 1.27 bits per heavy atom. The van der Waals surface area contributed by atoms with Crippen molar-refractivity contribution >= 4 is 17.7 Å². The van der Waals surface area contributed by atoms with Crippen molar-refractivity contribution in [1.29, 1.82) is 0 Å². The van der Waals surface area contributed by atoms with Crippen LogP contribution in [0.25, 0.3) is 0 Å². The van der Waals surface area contributed by atoms with Gasteiger partial charge in [-0.25, -0.2) is 0 Å². The van der Waals surface area contributed by atoms with Gasteiger partial charge in [0.1, 0.15) is 0 Å². The molecular weight excluding hydrogens is 210 g/mol. The maximum absolute atomic E-state index is 11.8. The van der Waals surface area contributed by atoms with E-state index in [1.54, 1.807) is 0 Å². The summed E-state index contributed by atoms with van der Waals surface area (Å²) in [6.45, 7) is 0. The first-order valence-electron chi connectivity index (χ1n) is 5.83. The van der Waals surface area contributed by atoms with Gasteiger partial charge in [-0.15, -0.1) is 0 Å². The van der Waals surface area contributed by atoms with Crippen LogP contribution >= 0.6 is 11.8 Å². The number of hydrogen-bond acceptors (Lipinski definition) is 3. The van der Waals surface area contributed by atoms with Crippen LogP contribution in [0.1, 0.15) is 32.1 Å². The van der Waals surface area contributed by atoms with Gasteiger partial charge in [-0.2, -0.15) is 11.8 Å². The minimum Gasteiger partial charge on any atom is -0.391 e. The van der Waals surface area contributed by atoms with E-state index in [2.05, 4.69) is 5.32 Å². The van der Waals surface area contributed by atoms with Crippen molar-refractivity contribution < 1.29 is 9.90 Å². The lowest BCUT2D eigenvalue weighted by Gasteiger charge is -2.29. The minimum absolute atomic E-state index is 0.0110. The van der Waals surface area contributed by atoms with Crippen LogP contribution in [0.5, 0.6) is 0 Å². The zero-order valence-electron chi connectivity index (χ0n) is 8.95. The van der Waals surface area contributed by atoms with E-state index in [0.717, 1.165) is 43.6 Å². The van der Waals surface area contributed by atoms with Crippen molar-refractivity contribution in [1.82, 2.24) is 5.32 Å². The third kappa shape index (κ3) is 2.88. The highest BCUT2D eigenvalue weighted by Gasteiger charge is 2.29. The van der Waals surface area contributed by atoms with Gasteiger partial charge < -0.3 is 10.4 Å². The van der Waals surface area contributed by atoms with E-state index in [1.165, 1.54) is 0 Å². The van der Waals surface area contributed by atoms with Crippen LogP contribution in [0.15, 0.2) is 0 Å². The SMILES string of the molecule is O=C(N[C@@H]1CCCC[C@H]1O)C1CCSC1. The summed E-state index contributed by atoms with van der Waals surface area (Å²) in [7, 11) is 0. The fraction of sp³-hybridized carbons (Fsp3) is 0.909. The molecule has 0 spiro atoms. The van der Waals surface area contributed by atoms with Crippen LogP contribution in [0.3, 0.4) is 0 Å². The van der Waals surface area contributed by atoms with Gasteiger partial charge in [-0.1, -0.05) is 12.8 Å². The van der Waals surface area contributed by atoms with Crippen LogP contribution in [0.2, 0.25) is 0 Å². The normalized spacial score (nSPS) is 36.5. The Labute approximate surface area is 95.0 Å². The van der Waals surface area contributed by atoms with Crippen molar-refractivity contribution in [2.75, 3.05) is 11.5 Å². The molecule has 15 heavy (non-hydrogen) atoms. The molecule has 2 aliphatic rings. The first-order valence-corrected chi connectivity index (χ1v) is 6.99. The molecule has 86 valence electrons. The number of hydrogen-bond donors (Lipinski definition) is 2. The summed E-state index contributed by atoms with van der Waals surface area (Å²) >= 11 is 1.85. The van der Waals surface area contributed by atoms with Gasteiger partial charge in [0, 0.05) is 11.7 Å². The maximum Gasteiger partial charge on any atom is 0.224 e. The highest BCUT2D eigenvalue weighted by molar-refractivity contribution is 7.99. The molecule has 1 heterocycles. The molecule has 4 heteroatoms. The Kier molecular flexibility index (Phi) is 3.92. The molecule has 0 aromatic rings. The van der Waals surface area contributed by atoms with Gasteiger partial charge in [0.2, 0.25) is 5.91 Å². The van der Waals surface area contributed by atoms with Crippen LogP contribution in [-0.2, 0) is 4.79 Å². The Bertz CT molecular complexity index is 229. The number of carbonyl (C=O) groups is 1. The molecule has 3 nitrogen and oxygen atoms in total. The van der Waals surface area contributed by atoms with E-state index in [9.17, 15) is 9.90 Å². The molecule has 0 bridgehead atoms. The van der Waals surface area contributed by atoms with Crippen LogP contribution < -0.4 is 5.32 Å². The summed E-state index contributed by atoms with van der Waals surface area (Å²) in [5.41, 5.74) is 0. The van der Waals surface area contributed by atoms with Crippen molar-refractivity contribution in [3.05, 3.63) is 0 Å². The highest BCUT2D eigenvalue weighted by atomic mass is 32.2. The number of aliphatic hydroxyl groups is 1. The first-order chi connectivity index (χ1) is 7.27. The smallest absolute Gasteiger partial charge is 0.224 e. The third-order valence-corrected chi connectivity index (χ3v) is 4.52. The fourth-order valence-electron chi connectivity index (χ4n) is 2.32. The number of aliphatic hydroxyl groups excluding tert-OH is 1. The predicted octanol–water partition coefficient (Wildman–Crippen LogP) is 1.16. The molecule has 1 saturated heterocycles. The second-order valence-electron chi connectivity index (χ2n) is 4.53. The van der Waals surface area contributed by atoms with Crippen molar-refractivity contribution in [2.45, 2.75) is 44.2 Å². The summed E-state index contributed by atoms with van der Waals surface area (Å²) in [4.78, 5) is 11.8. The van der Waals surface area contributed by atoms with Crippen molar-refractivity contribution in [3.63, 3.8) is 0 Å². The average molecular weight is 229 g/mol. The fourth-order valence-corrected chi connectivity index (χ4v) is 3.54. The molecule has 0 aromatic heterocycles. The standard InChI is InChI=1S/C11H19NO2S/c13-10-4-2-1-3-9(10)12-11(14)8-5-6-15-7-8/h8-10,13H,1-7H2,(H,12,14)/t8?,9-,10-/m1/s1. The topological polar surface area (TPSA) is 49.3 Å². The van der Waals surface area contributed by atoms with Crippen LogP contribution in [0.4, 0.5) is 0 Å². The van der Waals surface area contributed by atoms with E-state index in [0.29, 0.717) is 0 Å². The van der Waals surface area contributed by atoms with Crippen LogP contribution in [0, 0.1) is 5.92 Å². The number of carbonyl (C=O) groups excluding carboxylic acids is 1. The first kappa shape index (κ1) is 11.3. The molecule has 2 N–H and O–H groups in total. The lowest BCUT2D eigenvalue weighted by molar-refractivity contribution is -0.126. The van der Waals surface area contributed by atoms with Gasteiger partial charge in [0.25, 0.3) is 0 Å². The molecule has 1 unspecified atom stereocenters. The van der Waals surface area contributed by atoms with E-state index in [-0.39, 0.29) is 24.0 Å². The lowest BCUT2D eigenvalue weighted by Crippen LogP contribution is -2.47.